The molecule has 4 aromatic rings. The van der Waals surface area contributed by atoms with Gasteiger partial charge in [0.25, 0.3) is 0 Å². The van der Waals surface area contributed by atoms with Crippen LogP contribution in [0.3, 0.4) is 0 Å². The molecule has 20 heavy (non-hydrogen) atoms. The molecule has 0 amide bonds. The highest BCUT2D eigenvalue weighted by atomic mass is 32.1. The quantitative estimate of drug-likeness (QED) is 0.397. The molecule has 0 unspecified atom stereocenters. The first-order valence-electron chi connectivity index (χ1n) is 6.80. The number of hydrogen-bond donors (Lipinski definition) is 0. The molecule has 0 fully saturated rings. The smallest absolute Gasteiger partial charge is 0.0352 e. The Balaban J connectivity index is 2.03. The fourth-order valence-corrected chi connectivity index (χ4v) is 3.96. The molecule has 1 heteroatoms. The van der Waals surface area contributed by atoms with E-state index in [9.17, 15) is 0 Å². The summed E-state index contributed by atoms with van der Waals surface area (Å²) in [6.07, 6.45) is 0. The highest BCUT2D eigenvalue weighted by Crippen LogP contribution is 2.38. The third-order valence-electron chi connectivity index (χ3n) is 3.81. The van der Waals surface area contributed by atoms with Gasteiger partial charge in [0.15, 0.2) is 0 Å². The molecule has 0 bridgehead atoms. The van der Waals surface area contributed by atoms with Gasteiger partial charge in [-0.05, 0) is 35.4 Å². The average Bonchev–Trinajstić information content (AvgIpc) is 2.82. The molecular formula is C19H14S. The van der Waals surface area contributed by atoms with Crippen LogP contribution in [0.15, 0.2) is 66.7 Å². The van der Waals surface area contributed by atoms with Gasteiger partial charge in [0, 0.05) is 20.5 Å². The van der Waals surface area contributed by atoms with Crippen LogP contribution in [0.4, 0.5) is 0 Å². The van der Waals surface area contributed by atoms with Gasteiger partial charge in [0.05, 0.1) is 0 Å². The van der Waals surface area contributed by atoms with Gasteiger partial charge < -0.3 is 0 Å². The lowest BCUT2D eigenvalue weighted by molar-refractivity contribution is 1.61. The van der Waals surface area contributed by atoms with Crippen molar-refractivity contribution in [2.75, 3.05) is 0 Å². The van der Waals surface area contributed by atoms with Gasteiger partial charge in [0.2, 0.25) is 0 Å². The van der Waals surface area contributed by atoms with Gasteiger partial charge in [-0.25, -0.2) is 0 Å². The van der Waals surface area contributed by atoms with Crippen LogP contribution in [0.2, 0.25) is 0 Å². The first-order valence-corrected chi connectivity index (χ1v) is 7.62. The van der Waals surface area contributed by atoms with Crippen molar-refractivity contribution in [1.82, 2.24) is 0 Å². The number of fused-ring (bicyclic) bond motifs is 2. The summed E-state index contributed by atoms with van der Waals surface area (Å²) in [6, 6.07) is 24.0. The SMILES string of the molecule is Cc1sc2ccccc2c1-c1ccc2ccccc2c1. The summed E-state index contributed by atoms with van der Waals surface area (Å²) in [5.74, 6) is 0. The van der Waals surface area contributed by atoms with E-state index in [4.69, 9.17) is 0 Å². The summed E-state index contributed by atoms with van der Waals surface area (Å²) >= 11 is 1.88. The van der Waals surface area contributed by atoms with Crippen molar-refractivity contribution in [3.63, 3.8) is 0 Å². The molecule has 0 aliphatic heterocycles. The van der Waals surface area contributed by atoms with Crippen LogP contribution in [0.1, 0.15) is 4.88 Å². The number of thiophene rings is 1. The summed E-state index contributed by atoms with van der Waals surface area (Å²) in [5, 5.41) is 3.97. The molecule has 0 aliphatic rings. The van der Waals surface area contributed by atoms with Crippen LogP contribution in [0.5, 0.6) is 0 Å². The molecule has 0 radical (unpaired) electrons. The average molecular weight is 274 g/mol. The Morgan fingerprint density at radius 2 is 1.50 bits per heavy atom. The second-order valence-electron chi connectivity index (χ2n) is 5.09. The van der Waals surface area contributed by atoms with Crippen LogP contribution < -0.4 is 0 Å². The number of rotatable bonds is 1. The minimum Gasteiger partial charge on any atom is -0.140 e. The Morgan fingerprint density at radius 3 is 2.40 bits per heavy atom. The third-order valence-corrected chi connectivity index (χ3v) is 4.90. The van der Waals surface area contributed by atoms with E-state index in [1.807, 2.05) is 11.3 Å². The summed E-state index contributed by atoms with van der Waals surface area (Å²) < 4.78 is 1.37. The Kier molecular flexibility index (Phi) is 2.61. The molecule has 0 aliphatic carbocycles. The van der Waals surface area contributed by atoms with Gasteiger partial charge in [-0.1, -0.05) is 54.6 Å². The maximum Gasteiger partial charge on any atom is 0.0352 e. The molecule has 0 N–H and O–H groups in total. The minimum absolute atomic E-state index is 1.30. The monoisotopic (exact) mass is 274 g/mol. The van der Waals surface area contributed by atoms with E-state index in [0.717, 1.165) is 0 Å². The van der Waals surface area contributed by atoms with Crippen LogP contribution in [-0.4, -0.2) is 0 Å². The van der Waals surface area contributed by atoms with Crippen LogP contribution >= 0.6 is 11.3 Å². The zero-order chi connectivity index (χ0) is 13.5. The zero-order valence-corrected chi connectivity index (χ0v) is 12.1. The molecule has 0 saturated carbocycles. The van der Waals surface area contributed by atoms with Crippen molar-refractivity contribution < 1.29 is 0 Å². The van der Waals surface area contributed by atoms with E-state index < -0.39 is 0 Å². The Hall–Kier alpha value is -2.12. The van der Waals surface area contributed by atoms with E-state index in [1.165, 1.54) is 36.9 Å². The fraction of sp³-hybridized carbons (Fsp3) is 0.0526. The van der Waals surface area contributed by atoms with Crippen molar-refractivity contribution in [2.45, 2.75) is 6.92 Å². The van der Waals surface area contributed by atoms with E-state index in [2.05, 4.69) is 73.7 Å². The second kappa shape index (κ2) is 4.46. The summed E-state index contributed by atoms with van der Waals surface area (Å²) in [6.45, 7) is 2.22. The molecule has 0 atom stereocenters. The van der Waals surface area contributed by atoms with Crippen LogP contribution in [-0.2, 0) is 0 Å². The molecule has 4 rings (SSSR count). The summed E-state index contributed by atoms with van der Waals surface area (Å²) in [4.78, 5) is 1.39. The topological polar surface area (TPSA) is 0 Å². The van der Waals surface area contributed by atoms with Crippen molar-refractivity contribution in [3.05, 3.63) is 71.6 Å². The normalized spacial score (nSPS) is 11.2. The van der Waals surface area contributed by atoms with Gasteiger partial charge in [-0.2, -0.15) is 0 Å². The second-order valence-corrected chi connectivity index (χ2v) is 6.35. The largest absolute Gasteiger partial charge is 0.140 e. The van der Waals surface area contributed by atoms with Crippen molar-refractivity contribution >= 4 is 32.2 Å². The molecule has 1 aromatic heterocycles. The third kappa shape index (κ3) is 1.75. The lowest BCUT2D eigenvalue weighted by atomic mass is 9.99. The summed E-state index contributed by atoms with van der Waals surface area (Å²) in [7, 11) is 0. The molecule has 1 heterocycles. The Bertz CT molecular complexity index is 915. The zero-order valence-electron chi connectivity index (χ0n) is 11.3. The van der Waals surface area contributed by atoms with Crippen LogP contribution in [0.25, 0.3) is 32.0 Å². The van der Waals surface area contributed by atoms with Gasteiger partial charge in [-0.3, -0.25) is 0 Å². The van der Waals surface area contributed by atoms with Crippen molar-refractivity contribution in [3.8, 4) is 11.1 Å². The standard InChI is InChI=1S/C19H14S/c1-13-19(17-8-4-5-9-18(17)20-13)16-11-10-14-6-2-3-7-15(14)12-16/h2-12H,1H3. The number of benzene rings is 3. The van der Waals surface area contributed by atoms with E-state index in [-0.39, 0.29) is 0 Å². The van der Waals surface area contributed by atoms with Crippen molar-refractivity contribution in [2.24, 2.45) is 0 Å². The predicted molar refractivity (Wildman–Crippen MR) is 89.5 cm³/mol. The van der Waals surface area contributed by atoms with E-state index in [1.54, 1.807) is 0 Å². The van der Waals surface area contributed by atoms with Gasteiger partial charge in [0.1, 0.15) is 0 Å². The van der Waals surface area contributed by atoms with E-state index >= 15 is 0 Å². The lowest BCUT2D eigenvalue weighted by Gasteiger charge is -2.05. The van der Waals surface area contributed by atoms with Gasteiger partial charge in [-0.15, -0.1) is 11.3 Å². The Labute approximate surface area is 122 Å². The Morgan fingerprint density at radius 1 is 0.750 bits per heavy atom. The van der Waals surface area contributed by atoms with Crippen LogP contribution in [0, 0.1) is 6.92 Å². The van der Waals surface area contributed by atoms with Crippen molar-refractivity contribution in [1.29, 1.82) is 0 Å². The molecule has 3 aromatic carbocycles. The first kappa shape index (κ1) is 11.7. The summed E-state index contributed by atoms with van der Waals surface area (Å²) in [5.41, 5.74) is 2.70. The number of aryl methyl sites for hydroxylation is 1. The predicted octanol–water partition coefficient (Wildman–Crippen LogP) is 6.03. The minimum atomic E-state index is 1.30. The highest BCUT2D eigenvalue weighted by Gasteiger charge is 2.10. The number of hydrogen-bond acceptors (Lipinski definition) is 1. The molecule has 0 saturated heterocycles. The maximum absolute atomic E-state index is 2.30. The molecule has 96 valence electrons. The fourth-order valence-electron chi connectivity index (χ4n) is 2.87. The molecular weight excluding hydrogens is 260 g/mol. The first-order chi connectivity index (χ1) is 9.83. The molecule has 0 nitrogen and oxygen atoms in total. The highest BCUT2D eigenvalue weighted by molar-refractivity contribution is 7.19. The maximum atomic E-state index is 2.30. The van der Waals surface area contributed by atoms with E-state index in [0.29, 0.717) is 0 Å². The lowest BCUT2D eigenvalue weighted by Crippen LogP contribution is -1.79. The van der Waals surface area contributed by atoms with Gasteiger partial charge >= 0.3 is 0 Å². The molecule has 0 spiro atoms.